The van der Waals surface area contributed by atoms with Gasteiger partial charge in [-0.1, -0.05) is 45.2 Å². The molecular weight excluding hydrogens is 627 g/mol. The maximum absolute atomic E-state index is 13.4. The first-order chi connectivity index (χ1) is 16.7. The van der Waals surface area contributed by atoms with E-state index in [2.05, 4.69) is 58.1 Å². The number of carbonyl (C=O) groups is 3. The topological polar surface area (TPSA) is 118 Å². The first-order valence-corrected chi connectivity index (χ1v) is 12.2. The maximum atomic E-state index is 13.4. The Bertz CT molecular complexity index is 1510. The highest BCUT2D eigenvalue weighted by Gasteiger charge is 2.24. The molecule has 0 bridgehead atoms. The van der Waals surface area contributed by atoms with Crippen LogP contribution in [0.25, 0.3) is 16.6 Å². The third-order valence-electron chi connectivity index (χ3n) is 4.73. The Morgan fingerprint density at radius 1 is 1.00 bits per heavy atom. The zero-order valence-corrected chi connectivity index (χ0v) is 22.4. The van der Waals surface area contributed by atoms with Crippen LogP contribution in [0.2, 0.25) is 10.0 Å². The Labute approximate surface area is 225 Å². The van der Waals surface area contributed by atoms with Gasteiger partial charge in [-0.2, -0.15) is 5.10 Å². The zero-order valence-electron chi connectivity index (χ0n) is 17.7. The van der Waals surface area contributed by atoms with Gasteiger partial charge in [0.25, 0.3) is 11.8 Å². The Morgan fingerprint density at radius 2 is 1.77 bits per heavy atom. The number of carbonyl (C=O) groups excluding carboxylic acids is 3. The summed E-state index contributed by atoms with van der Waals surface area (Å²) >= 11 is 19.6. The van der Waals surface area contributed by atoms with Crippen molar-refractivity contribution in [2.75, 3.05) is 5.32 Å². The van der Waals surface area contributed by atoms with Gasteiger partial charge in [0.1, 0.15) is 10.3 Å². The van der Waals surface area contributed by atoms with Gasteiger partial charge in [0.2, 0.25) is 5.91 Å². The Morgan fingerprint density at radius 3 is 2.49 bits per heavy atom. The number of rotatable bonds is 4. The molecule has 35 heavy (non-hydrogen) atoms. The summed E-state index contributed by atoms with van der Waals surface area (Å²) < 4.78 is 2.40. The molecule has 3 amide bonds. The lowest BCUT2D eigenvalue weighted by Gasteiger charge is -2.16. The summed E-state index contributed by atoms with van der Waals surface area (Å²) in [6, 6.07) is 11.6. The number of hydrogen-bond donors (Lipinski definition) is 3. The van der Waals surface area contributed by atoms with Gasteiger partial charge in [-0.05, 0) is 51.6 Å². The number of anilines is 1. The monoisotopic (exact) mass is 638 g/mol. The van der Waals surface area contributed by atoms with Gasteiger partial charge in [0, 0.05) is 29.0 Å². The third kappa shape index (κ3) is 5.32. The molecule has 0 aliphatic rings. The van der Waals surface area contributed by atoms with Crippen molar-refractivity contribution in [2.45, 2.75) is 6.92 Å². The minimum atomic E-state index is -0.679. The summed E-state index contributed by atoms with van der Waals surface area (Å²) in [4.78, 5) is 41.8. The molecule has 2 aromatic heterocycles. The number of hydrogen-bond acceptors (Lipinski definition) is 5. The third-order valence-corrected chi connectivity index (χ3v) is 6.29. The quantitative estimate of drug-likeness (QED) is 0.262. The van der Waals surface area contributed by atoms with Gasteiger partial charge >= 0.3 is 0 Å². The van der Waals surface area contributed by atoms with E-state index in [0.29, 0.717) is 15.4 Å². The average Bonchev–Trinajstić information content (AvgIpc) is 3.20. The summed E-state index contributed by atoms with van der Waals surface area (Å²) in [5.41, 5.74) is 4.68. The summed E-state index contributed by atoms with van der Waals surface area (Å²) in [5, 5.41) is 8.62. The molecule has 0 atom stereocenters. The lowest BCUT2D eigenvalue weighted by Crippen LogP contribution is -2.40. The predicted octanol–water partition coefficient (Wildman–Crippen LogP) is 5.29. The molecule has 0 unspecified atom stereocenters. The molecule has 4 rings (SSSR count). The molecule has 0 spiro atoms. The fourth-order valence-corrected chi connectivity index (χ4v) is 4.51. The predicted molar refractivity (Wildman–Crippen MR) is 140 cm³/mol. The molecule has 0 saturated carbocycles. The van der Waals surface area contributed by atoms with Crippen LogP contribution in [-0.2, 0) is 4.79 Å². The van der Waals surface area contributed by atoms with Gasteiger partial charge in [-0.3, -0.25) is 25.2 Å². The lowest BCUT2D eigenvalue weighted by atomic mass is 10.0. The largest absolute Gasteiger partial charge is 0.319 e. The van der Waals surface area contributed by atoms with Crippen LogP contribution in [0, 0.1) is 0 Å². The molecule has 3 N–H and O–H groups in total. The SMILES string of the molecule is CC(=O)NNC(=O)c1cc2cc(Br)ccc2c(Cl)c1NC(=O)c1cc(Br)nn1-c1ncccc1Cl. The Hall–Kier alpha value is -2.99. The van der Waals surface area contributed by atoms with Crippen molar-refractivity contribution in [1.82, 2.24) is 25.6 Å². The molecule has 2 aromatic carbocycles. The molecule has 9 nitrogen and oxygen atoms in total. The molecule has 0 saturated heterocycles. The number of amides is 3. The minimum Gasteiger partial charge on any atom is -0.319 e. The number of nitrogens with one attached hydrogen (secondary N) is 3. The zero-order chi connectivity index (χ0) is 25.3. The standard InChI is InChI=1S/C22H14Br2Cl2N6O3/c1-10(33)29-30-21(34)14-8-11-7-12(23)4-5-13(11)18(26)19(14)28-22(35)16-9-17(24)31-32(16)20-15(25)3-2-6-27-20/h2-9H,1H3,(H,28,35)(H,29,33)(H,30,34). The Balaban J connectivity index is 1.81. The van der Waals surface area contributed by atoms with Crippen LogP contribution >= 0.6 is 55.1 Å². The highest BCUT2D eigenvalue weighted by atomic mass is 79.9. The van der Waals surface area contributed by atoms with Crippen LogP contribution < -0.4 is 16.2 Å². The molecule has 2 heterocycles. The van der Waals surface area contributed by atoms with Gasteiger partial charge in [0.05, 0.1) is 21.3 Å². The van der Waals surface area contributed by atoms with Gasteiger partial charge in [0.15, 0.2) is 5.82 Å². The number of aromatic nitrogens is 3. The fourth-order valence-electron chi connectivity index (χ4n) is 3.23. The number of fused-ring (bicyclic) bond motifs is 1. The molecule has 178 valence electrons. The summed E-state index contributed by atoms with van der Waals surface area (Å²) in [7, 11) is 0. The van der Waals surface area contributed by atoms with Crippen molar-refractivity contribution < 1.29 is 14.4 Å². The van der Waals surface area contributed by atoms with Crippen molar-refractivity contribution >= 4 is 89.2 Å². The van der Waals surface area contributed by atoms with Crippen molar-refractivity contribution in [3.05, 3.63) is 79.0 Å². The number of hydrazine groups is 1. The van der Waals surface area contributed by atoms with E-state index in [4.69, 9.17) is 23.2 Å². The van der Waals surface area contributed by atoms with E-state index >= 15 is 0 Å². The average molecular weight is 641 g/mol. The van der Waals surface area contributed by atoms with Crippen molar-refractivity contribution in [3.8, 4) is 5.82 Å². The molecular formula is C22H14Br2Cl2N6O3. The van der Waals surface area contributed by atoms with Crippen LogP contribution in [0.1, 0.15) is 27.8 Å². The number of benzene rings is 2. The number of nitrogens with zero attached hydrogens (tertiary/aromatic N) is 3. The fraction of sp³-hybridized carbons (Fsp3) is 0.0455. The van der Waals surface area contributed by atoms with E-state index in [1.807, 2.05) is 0 Å². The number of halogens is 4. The second kappa shape index (κ2) is 10.3. The van der Waals surface area contributed by atoms with Crippen LogP contribution in [0.5, 0.6) is 0 Å². The minimum absolute atomic E-state index is 0.0312. The van der Waals surface area contributed by atoms with Crippen LogP contribution in [0.4, 0.5) is 5.69 Å². The maximum Gasteiger partial charge on any atom is 0.274 e. The lowest BCUT2D eigenvalue weighted by molar-refractivity contribution is -0.119. The van der Waals surface area contributed by atoms with Crippen LogP contribution in [0.3, 0.4) is 0 Å². The first-order valence-electron chi connectivity index (χ1n) is 9.82. The van der Waals surface area contributed by atoms with Gasteiger partial charge < -0.3 is 5.32 Å². The van der Waals surface area contributed by atoms with Crippen molar-refractivity contribution in [3.63, 3.8) is 0 Å². The van der Waals surface area contributed by atoms with Crippen LogP contribution in [0.15, 0.2) is 57.7 Å². The van der Waals surface area contributed by atoms with E-state index in [0.717, 1.165) is 4.47 Å². The smallest absolute Gasteiger partial charge is 0.274 e. The van der Waals surface area contributed by atoms with E-state index in [1.54, 1.807) is 36.4 Å². The molecule has 0 aliphatic carbocycles. The highest BCUT2D eigenvalue weighted by Crippen LogP contribution is 2.36. The Kier molecular flexibility index (Phi) is 7.41. The molecule has 13 heteroatoms. The van der Waals surface area contributed by atoms with E-state index in [9.17, 15) is 14.4 Å². The molecule has 0 aliphatic heterocycles. The molecule has 0 radical (unpaired) electrons. The molecule has 4 aromatic rings. The van der Waals surface area contributed by atoms with E-state index in [-0.39, 0.29) is 32.8 Å². The van der Waals surface area contributed by atoms with E-state index < -0.39 is 17.7 Å². The first kappa shape index (κ1) is 25.1. The van der Waals surface area contributed by atoms with Crippen LogP contribution in [-0.4, -0.2) is 32.5 Å². The summed E-state index contributed by atoms with van der Waals surface area (Å²) in [5.74, 6) is -1.54. The highest BCUT2D eigenvalue weighted by molar-refractivity contribution is 9.10. The van der Waals surface area contributed by atoms with Gasteiger partial charge in [-0.15, -0.1) is 0 Å². The second-order valence-electron chi connectivity index (χ2n) is 7.14. The second-order valence-corrected chi connectivity index (χ2v) is 9.65. The van der Waals surface area contributed by atoms with E-state index in [1.165, 1.54) is 23.9 Å². The molecule has 0 fully saturated rings. The number of pyridine rings is 1. The van der Waals surface area contributed by atoms with Crippen molar-refractivity contribution in [1.29, 1.82) is 0 Å². The normalized spacial score (nSPS) is 10.8. The van der Waals surface area contributed by atoms with Crippen molar-refractivity contribution in [2.24, 2.45) is 0 Å². The van der Waals surface area contributed by atoms with Gasteiger partial charge in [-0.25, -0.2) is 9.67 Å². The summed E-state index contributed by atoms with van der Waals surface area (Å²) in [6.07, 6.45) is 1.52. The summed E-state index contributed by atoms with van der Waals surface area (Å²) in [6.45, 7) is 1.25.